The predicted octanol–water partition coefficient (Wildman–Crippen LogP) is 3.29. The highest BCUT2D eigenvalue weighted by Crippen LogP contribution is 2.17. The maximum Gasteiger partial charge on any atom is 0.171 e. The molecule has 0 spiro atoms. The number of hydrogen-bond donors (Lipinski definition) is 2. The summed E-state index contributed by atoms with van der Waals surface area (Å²) >= 11 is 6.98. The van der Waals surface area contributed by atoms with E-state index in [4.69, 9.17) is 12.2 Å². The Balaban J connectivity index is 1.83. The van der Waals surface area contributed by atoms with Gasteiger partial charge in [-0.05, 0) is 60.4 Å². The van der Waals surface area contributed by atoms with E-state index >= 15 is 0 Å². The number of nitrogens with zero attached hydrogens (tertiary/aromatic N) is 1. The van der Waals surface area contributed by atoms with Gasteiger partial charge in [0.25, 0.3) is 0 Å². The first-order valence-electron chi connectivity index (χ1n) is 5.86. The zero-order chi connectivity index (χ0) is 13.5. The topological polar surface area (TPSA) is 37.0 Å². The maximum absolute atomic E-state index is 5.25. The van der Waals surface area contributed by atoms with Gasteiger partial charge in [-0.15, -0.1) is 11.8 Å². The van der Waals surface area contributed by atoms with Crippen molar-refractivity contribution in [1.29, 1.82) is 0 Å². The Morgan fingerprint density at radius 3 is 2.47 bits per heavy atom. The summed E-state index contributed by atoms with van der Waals surface area (Å²) in [6, 6.07) is 12.1. The Kier molecular flexibility index (Phi) is 5.18. The summed E-state index contributed by atoms with van der Waals surface area (Å²) in [5, 5.41) is 6.94. The fourth-order valence-electron chi connectivity index (χ4n) is 1.53. The average molecular weight is 289 g/mol. The minimum Gasteiger partial charge on any atom is -0.358 e. The van der Waals surface area contributed by atoms with Crippen LogP contribution in [0, 0.1) is 0 Å². The van der Waals surface area contributed by atoms with Crippen molar-refractivity contribution in [2.45, 2.75) is 11.4 Å². The molecule has 1 aromatic heterocycles. The fourth-order valence-corrected chi connectivity index (χ4v) is 2.13. The Bertz CT molecular complexity index is 526. The SMILES string of the molecule is CSc1ccc(NC(=S)NCc2ccncc2)cc1. The molecule has 0 radical (unpaired) electrons. The van der Waals surface area contributed by atoms with Gasteiger partial charge in [-0.2, -0.15) is 0 Å². The highest BCUT2D eigenvalue weighted by molar-refractivity contribution is 7.98. The first-order chi connectivity index (χ1) is 9.28. The van der Waals surface area contributed by atoms with E-state index in [9.17, 15) is 0 Å². The molecule has 0 atom stereocenters. The molecular weight excluding hydrogens is 274 g/mol. The largest absolute Gasteiger partial charge is 0.358 e. The van der Waals surface area contributed by atoms with Crippen LogP contribution in [0.25, 0.3) is 0 Å². The van der Waals surface area contributed by atoms with Crippen molar-refractivity contribution in [3.63, 3.8) is 0 Å². The van der Waals surface area contributed by atoms with E-state index in [2.05, 4.69) is 34.0 Å². The third kappa shape index (κ3) is 4.54. The van der Waals surface area contributed by atoms with Crippen molar-refractivity contribution in [2.75, 3.05) is 11.6 Å². The monoisotopic (exact) mass is 289 g/mol. The molecule has 1 aromatic carbocycles. The van der Waals surface area contributed by atoms with Gasteiger partial charge < -0.3 is 10.6 Å². The number of aromatic nitrogens is 1. The lowest BCUT2D eigenvalue weighted by Gasteiger charge is -2.10. The molecule has 5 heteroatoms. The highest BCUT2D eigenvalue weighted by Gasteiger charge is 1.98. The highest BCUT2D eigenvalue weighted by atomic mass is 32.2. The van der Waals surface area contributed by atoms with E-state index in [1.165, 1.54) is 4.90 Å². The summed E-state index contributed by atoms with van der Waals surface area (Å²) in [5.74, 6) is 0. The van der Waals surface area contributed by atoms with E-state index in [0.717, 1.165) is 11.3 Å². The van der Waals surface area contributed by atoms with E-state index in [0.29, 0.717) is 11.7 Å². The quantitative estimate of drug-likeness (QED) is 0.667. The van der Waals surface area contributed by atoms with Crippen LogP contribution in [0.5, 0.6) is 0 Å². The zero-order valence-electron chi connectivity index (χ0n) is 10.6. The molecule has 0 unspecified atom stereocenters. The lowest BCUT2D eigenvalue weighted by molar-refractivity contribution is 0.921. The maximum atomic E-state index is 5.25. The number of benzene rings is 1. The number of thiocarbonyl (C=S) groups is 1. The normalized spacial score (nSPS) is 9.95. The molecule has 0 amide bonds. The Morgan fingerprint density at radius 2 is 1.84 bits per heavy atom. The summed E-state index contributed by atoms with van der Waals surface area (Å²) in [4.78, 5) is 5.22. The van der Waals surface area contributed by atoms with Gasteiger partial charge in [0.05, 0.1) is 0 Å². The number of anilines is 1. The summed E-state index contributed by atoms with van der Waals surface area (Å²) in [5.41, 5.74) is 2.14. The van der Waals surface area contributed by atoms with Crippen molar-refractivity contribution in [3.05, 3.63) is 54.4 Å². The lowest BCUT2D eigenvalue weighted by Crippen LogP contribution is -2.27. The molecule has 0 saturated heterocycles. The molecule has 0 bridgehead atoms. The molecule has 0 aliphatic rings. The van der Waals surface area contributed by atoms with E-state index in [1.54, 1.807) is 24.2 Å². The van der Waals surface area contributed by atoms with Crippen LogP contribution in [0.2, 0.25) is 0 Å². The Hall–Kier alpha value is -1.59. The van der Waals surface area contributed by atoms with Gasteiger partial charge in [-0.3, -0.25) is 4.98 Å². The van der Waals surface area contributed by atoms with Crippen molar-refractivity contribution < 1.29 is 0 Å². The van der Waals surface area contributed by atoms with Gasteiger partial charge in [0, 0.05) is 29.5 Å². The van der Waals surface area contributed by atoms with Crippen molar-refractivity contribution in [1.82, 2.24) is 10.3 Å². The fraction of sp³-hybridized carbons (Fsp3) is 0.143. The second-order valence-corrected chi connectivity index (χ2v) is 5.18. The molecule has 2 N–H and O–H groups in total. The van der Waals surface area contributed by atoms with E-state index in [1.807, 2.05) is 24.3 Å². The predicted molar refractivity (Wildman–Crippen MR) is 85.5 cm³/mol. The zero-order valence-corrected chi connectivity index (χ0v) is 12.2. The van der Waals surface area contributed by atoms with Crippen LogP contribution < -0.4 is 10.6 Å². The minimum atomic E-state index is 0.619. The smallest absolute Gasteiger partial charge is 0.171 e. The van der Waals surface area contributed by atoms with E-state index in [-0.39, 0.29) is 0 Å². The number of rotatable bonds is 4. The lowest BCUT2D eigenvalue weighted by atomic mass is 10.3. The van der Waals surface area contributed by atoms with Crippen LogP contribution in [0.15, 0.2) is 53.7 Å². The van der Waals surface area contributed by atoms with Gasteiger partial charge in [0.15, 0.2) is 5.11 Å². The van der Waals surface area contributed by atoms with Gasteiger partial charge in [0.1, 0.15) is 0 Å². The molecular formula is C14H15N3S2. The van der Waals surface area contributed by atoms with Crippen molar-refractivity contribution in [3.8, 4) is 0 Å². The van der Waals surface area contributed by atoms with Crippen LogP contribution in [0.3, 0.4) is 0 Å². The molecule has 19 heavy (non-hydrogen) atoms. The van der Waals surface area contributed by atoms with Gasteiger partial charge in [0.2, 0.25) is 0 Å². The molecule has 1 heterocycles. The first kappa shape index (κ1) is 13.8. The molecule has 98 valence electrons. The second kappa shape index (κ2) is 7.11. The third-order valence-corrected chi connectivity index (χ3v) is 3.54. The van der Waals surface area contributed by atoms with Crippen LogP contribution >= 0.6 is 24.0 Å². The molecule has 2 rings (SSSR count). The molecule has 0 aliphatic carbocycles. The summed E-state index contributed by atoms with van der Waals surface area (Å²) in [6.07, 6.45) is 5.60. The molecule has 0 aliphatic heterocycles. The second-order valence-electron chi connectivity index (χ2n) is 3.89. The molecule has 0 fully saturated rings. The van der Waals surface area contributed by atoms with Crippen LogP contribution in [0.4, 0.5) is 5.69 Å². The van der Waals surface area contributed by atoms with Gasteiger partial charge >= 0.3 is 0 Å². The number of nitrogens with one attached hydrogen (secondary N) is 2. The first-order valence-corrected chi connectivity index (χ1v) is 7.49. The van der Waals surface area contributed by atoms with Crippen molar-refractivity contribution in [2.24, 2.45) is 0 Å². The number of thioether (sulfide) groups is 1. The van der Waals surface area contributed by atoms with E-state index < -0.39 is 0 Å². The summed E-state index contributed by atoms with van der Waals surface area (Å²) in [7, 11) is 0. The summed E-state index contributed by atoms with van der Waals surface area (Å²) < 4.78 is 0. The molecule has 2 aromatic rings. The number of hydrogen-bond acceptors (Lipinski definition) is 3. The van der Waals surface area contributed by atoms with Gasteiger partial charge in [-0.1, -0.05) is 0 Å². The number of pyridine rings is 1. The molecule has 3 nitrogen and oxygen atoms in total. The minimum absolute atomic E-state index is 0.619. The van der Waals surface area contributed by atoms with Gasteiger partial charge in [-0.25, -0.2) is 0 Å². The summed E-state index contributed by atoms with van der Waals surface area (Å²) in [6.45, 7) is 0.692. The van der Waals surface area contributed by atoms with Crippen LogP contribution in [0.1, 0.15) is 5.56 Å². The molecule has 0 saturated carbocycles. The van der Waals surface area contributed by atoms with Crippen molar-refractivity contribution >= 4 is 34.8 Å². The Labute approximate surface area is 122 Å². The Morgan fingerprint density at radius 1 is 1.16 bits per heavy atom. The van der Waals surface area contributed by atoms with Crippen LogP contribution in [-0.2, 0) is 6.54 Å². The van der Waals surface area contributed by atoms with Crippen LogP contribution in [-0.4, -0.2) is 16.4 Å². The average Bonchev–Trinajstić information content (AvgIpc) is 2.47. The third-order valence-electron chi connectivity index (χ3n) is 2.55. The standard InChI is InChI=1S/C14H15N3S2/c1-19-13-4-2-12(3-5-13)17-14(18)16-10-11-6-8-15-9-7-11/h2-9H,10H2,1H3,(H2,16,17,18).